The lowest BCUT2D eigenvalue weighted by atomic mass is 9.90. The van der Waals surface area contributed by atoms with Gasteiger partial charge in [-0.05, 0) is 48.2 Å². The van der Waals surface area contributed by atoms with Gasteiger partial charge in [-0.3, -0.25) is 4.79 Å². The molecule has 2 heterocycles. The molecule has 1 saturated heterocycles. The topological polar surface area (TPSA) is 101 Å². The van der Waals surface area contributed by atoms with E-state index in [1.807, 2.05) is 30.3 Å². The minimum absolute atomic E-state index is 0.0437. The van der Waals surface area contributed by atoms with Crippen LogP contribution in [-0.2, 0) is 11.3 Å². The van der Waals surface area contributed by atoms with Crippen molar-refractivity contribution in [1.82, 2.24) is 14.9 Å². The second-order valence-electron chi connectivity index (χ2n) is 8.86. The number of nitrogens with two attached hydrogens (primary N) is 1. The first-order chi connectivity index (χ1) is 17.4. The van der Waals surface area contributed by atoms with Crippen molar-refractivity contribution in [2.75, 3.05) is 13.1 Å². The lowest BCUT2D eigenvalue weighted by Gasteiger charge is -2.32. The predicted octanol–water partition coefficient (Wildman–Crippen LogP) is 5.12. The van der Waals surface area contributed by atoms with Crippen molar-refractivity contribution in [3.05, 3.63) is 89.0 Å². The van der Waals surface area contributed by atoms with Crippen LogP contribution in [0.5, 0.6) is 0 Å². The summed E-state index contributed by atoms with van der Waals surface area (Å²) in [5, 5.41) is 0. The number of primary amides is 1. The van der Waals surface area contributed by atoms with Crippen LogP contribution in [0.3, 0.4) is 0 Å². The van der Waals surface area contributed by atoms with Gasteiger partial charge in [0.05, 0.1) is 16.6 Å². The number of H-pyrrole nitrogens is 1. The fourth-order valence-corrected chi connectivity index (χ4v) is 4.60. The third-order valence-corrected chi connectivity index (χ3v) is 6.42. The van der Waals surface area contributed by atoms with E-state index in [1.165, 1.54) is 12.1 Å². The molecular weight excluding hydrogens is 466 g/mol. The SMILES string of the molecule is NC(=O)c1cc(F)cc2[nH]c(-c3ccc(C4CCCN(C(=O)OCc5ccccc5)C4)cc3F)nc12. The molecule has 36 heavy (non-hydrogen) atoms. The van der Waals surface area contributed by atoms with Gasteiger partial charge in [0.25, 0.3) is 5.91 Å². The highest BCUT2D eigenvalue weighted by Crippen LogP contribution is 2.32. The van der Waals surface area contributed by atoms with Crippen LogP contribution in [0.2, 0.25) is 0 Å². The molecule has 7 nitrogen and oxygen atoms in total. The zero-order valence-corrected chi connectivity index (χ0v) is 19.3. The molecule has 0 spiro atoms. The van der Waals surface area contributed by atoms with Gasteiger partial charge in [-0.1, -0.05) is 36.4 Å². The van der Waals surface area contributed by atoms with Crippen LogP contribution < -0.4 is 5.73 Å². The Kier molecular flexibility index (Phi) is 6.37. The van der Waals surface area contributed by atoms with E-state index >= 15 is 4.39 Å². The van der Waals surface area contributed by atoms with Crippen molar-refractivity contribution in [3.63, 3.8) is 0 Å². The van der Waals surface area contributed by atoms with Crippen LogP contribution >= 0.6 is 0 Å². The summed E-state index contributed by atoms with van der Waals surface area (Å²) in [7, 11) is 0. The van der Waals surface area contributed by atoms with Gasteiger partial charge in [0.2, 0.25) is 0 Å². The second kappa shape index (κ2) is 9.77. The normalized spacial score (nSPS) is 15.7. The Hall–Kier alpha value is -4.27. The number of ether oxygens (including phenoxy) is 1. The molecular formula is C27H24F2N4O3. The monoisotopic (exact) mass is 490 g/mol. The summed E-state index contributed by atoms with van der Waals surface area (Å²) < 4.78 is 34.5. The van der Waals surface area contributed by atoms with E-state index < -0.39 is 17.5 Å². The predicted molar refractivity (Wildman–Crippen MR) is 130 cm³/mol. The molecule has 1 aliphatic rings. The van der Waals surface area contributed by atoms with E-state index in [-0.39, 0.29) is 46.6 Å². The maximum atomic E-state index is 15.2. The lowest BCUT2D eigenvalue weighted by Crippen LogP contribution is -2.39. The van der Waals surface area contributed by atoms with Crippen LogP contribution in [0.25, 0.3) is 22.4 Å². The molecule has 3 aromatic carbocycles. The number of halogens is 2. The summed E-state index contributed by atoms with van der Waals surface area (Å²) in [4.78, 5) is 33.1. The number of nitrogens with zero attached hydrogens (tertiary/aromatic N) is 2. The minimum atomic E-state index is -0.822. The molecule has 1 atom stereocenters. The Morgan fingerprint density at radius 1 is 1.11 bits per heavy atom. The van der Waals surface area contributed by atoms with Crippen molar-refractivity contribution >= 4 is 23.0 Å². The third-order valence-electron chi connectivity index (χ3n) is 6.42. The van der Waals surface area contributed by atoms with Gasteiger partial charge in [-0.25, -0.2) is 18.6 Å². The van der Waals surface area contributed by atoms with Crippen molar-refractivity contribution in [2.24, 2.45) is 5.73 Å². The molecule has 0 saturated carbocycles. The fraction of sp³-hybridized carbons (Fsp3) is 0.222. The van der Waals surface area contributed by atoms with Gasteiger partial charge in [0, 0.05) is 19.0 Å². The van der Waals surface area contributed by atoms with E-state index in [0.717, 1.165) is 30.0 Å². The largest absolute Gasteiger partial charge is 0.445 e. The van der Waals surface area contributed by atoms with E-state index in [1.54, 1.807) is 17.0 Å². The Morgan fingerprint density at radius 2 is 1.92 bits per heavy atom. The smallest absolute Gasteiger partial charge is 0.410 e. The zero-order valence-electron chi connectivity index (χ0n) is 19.3. The molecule has 9 heteroatoms. The van der Waals surface area contributed by atoms with Crippen molar-refractivity contribution in [3.8, 4) is 11.4 Å². The number of piperidine rings is 1. The van der Waals surface area contributed by atoms with Gasteiger partial charge in [0.1, 0.15) is 29.6 Å². The highest BCUT2D eigenvalue weighted by atomic mass is 19.1. The Labute approximate surface area is 205 Å². The maximum absolute atomic E-state index is 15.2. The fourth-order valence-electron chi connectivity index (χ4n) is 4.60. The molecule has 2 amide bonds. The number of benzene rings is 3. The maximum Gasteiger partial charge on any atom is 0.410 e. The van der Waals surface area contributed by atoms with Crippen LogP contribution in [0.1, 0.15) is 40.2 Å². The number of carbonyl (C=O) groups is 2. The number of imidazole rings is 1. The van der Waals surface area contributed by atoms with Crippen molar-refractivity contribution in [2.45, 2.75) is 25.4 Å². The first kappa shape index (κ1) is 23.5. The molecule has 3 N–H and O–H groups in total. The van der Waals surface area contributed by atoms with Gasteiger partial charge < -0.3 is 20.4 Å². The quantitative estimate of drug-likeness (QED) is 0.405. The molecule has 0 bridgehead atoms. The number of carbonyl (C=O) groups excluding carboxylic acids is 2. The number of aromatic amines is 1. The van der Waals surface area contributed by atoms with Crippen LogP contribution in [0, 0.1) is 11.6 Å². The third kappa shape index (κ3) is 4.77. The minimum Gasteiger partial charge on any atom is -0.445 e. The van der Waals surface area contributed by atoms with Crippen molar-refractivity contribution < 1.29 is 23.1 Å². The summed E-state index contributed by atoms with van der Waals surface area (Å²) in [6.07, 6.45) is 1.20. The number of aromatic nitrogens is 2. The van der Waals surface area contributed by atoms with E-state index in [9.17, 15) is 14.0 Å². The second-order valence-corrected chi connectivity index (χ2v) is 8.86. The average molecular weight is 491 g/mol. The molecule has 5 rings (SSSR count). The highest BCUT2D eigenvalue weighted by molar-refractivity contribution is 6.04. The highest BCUT2D eigenvalue weighted by Gasteiger charge is 2.27. The summed E-state index contributed by atoms with van der Waals surface area (Å²) in [5.74, 6) is -1.87. The average Bonchev–Trinajstić information content (AvgIpc) is 3.30. The Morgan fingerprint density at radius 3 is 2.67 bits per heavy atom. The standard InChI is InChI=1S/C27H24F2N4O3/c28-19-12-21(25(30)34)24-23(13-19)31-26(32-24)20-9-8-17(11-22(20)29)18-7-4-10-33(14-18)27(35)36-15-16-5-2-1-3-6-16/h1-3,5-6,8-9,11-13,18H,4,7,10,14-15H2,(H2,30,34)(H,31,32). The first-order valence-corrected chi connectivity index (χ1v) is 11.6. The van der Waals surface area contributed by atoms with Crippen molar-refractivity contribution in [1.29, 1.82) is 0 Å². The van der Waals surface area contributed by atoms with E-state index in [4.69, 9.17) is 10.5 Å². The van der Waals surface area contributed by atoms with E-state index in [2.05, 4.69) is 9.97 Å². The molecule has 1 aromatic heterocycles. The summed E-state index contributed by atoms with van der Waals surface area (Å²) in [6, 6.07) is 16.5. The van der Waals surface area contributed by atoms with E-state index in [0.29, 0.717) is 13.1 Å². The number of hydrogen-bond donors (Lipinski definition) is 2. The summed E-state index contributed by atoms with van der Waals surface area (Å²) in [5.41, 5.74) is 7.54. The molecule has 1 aliphatic heterocycles. The number of nitrogens with one attached hydrogen (secondary N) is 1. The number of likely N-dealkylation sites (tertiary alicyclic amines) is 1. The molecule has 4 aromatic rings. The first-order valence-electron chi connectivity index (χ1n) is 11.6. The van der Waals surface area contributed by atoms with Gasteiger partial charge in [0.15, 0.2) is 0 Å². The van der Waals surface area contributed by atoms with Gasteiger partial charge in [-0.15, -0.1) is 0 Å². The molecule has 184 valence electrons. The Balaban J connectivity index is 1.32. The summed E-state index contributed by atoms with van der Waals surface area (Å²) >= 11 is 0. The van der Waals surface area contributed by atoms with Crippen LogP contribution in [0.4, 0.5) is 13.6 Å². The number of fused-ring (bicyclic) bond motifs is 1. The number of rotatable bonds is 5. The lowest BCUT2D eigenvalue weighted by molar-refractivity contribution is 0.0858. The number of amides is 2. The molecule has 1 fully saturated rings. The molecule has 0 aliphatic carbocycles. The molecule has 0 radical (unpaired) electrons. The van der Waals surface area contributed by atoms with Gasteiger partial charge >= 0.3 is 6.09 Å². The summed E-state index contributed by atoms with van der Waals surface area (Å²) in [6.45, 7) is 1.21. The zero-order chi connectivity index (χ0) is 25.2. The number of hydrogen-bond acceptors (Lipinski definition) is 4. The Bertz CT molecular complexity index is 1440. The van der Waals surface area contributed by atoms with Crippen LogP contribution in [0.15, 0.2) is 60.7 Å². The van der Waals surface area contributed by atoms with Crippen LogP contribution in [-0.4, -0.2) is 40.0 Å². The van der Waals surface area contributed by atoms with Gasteiger partial charge in [-0.2, -0.15) is 0 Å². The molecule has 1 unspecified atom stereocenters.